The third-order valence-electron chi connectivity index (χ3n) is 11.3. The zero-order chi connectivity index (χ0) is 25.7. The highest BCUT2D eigenvalue weighted by Gasteiger charge is 2.30. The Morgan fingerprint density at radius 2 is 0.973 bits per heavy atom. The van der Waals surface area contributed by atoms with Crippen LogP contribution in [0.2, 0.25) is 0 Å². The molecule has 0 aliphatic heterocycles. The van der Waals surface area contributed by atoms with Gasteiger partial charge in [-0.1, -0.05) is 122 Å². The molecule has 0 N–H and O–H groups in total. The minimum atomic E-state index is 0.836. The van der Waals surface area contributed by atoms with Crippen molar-refractivity contribution in [1.82, 2.24) is 0 Å². The molecular weight excluding hydrogens is 444 g/mol. The molecule has 3 fully saturated rings. The van der Waals surface area contributed by atoms with E-state index in [1.807, 2.05) is 0 Å². The van der Waals surface area contributed by atoms with Crippen LogP contribution in [0.25, 0.3) is 0 Å². The van der Waals surface area contributed by atoms with E-state index in [9.17, 15) is 0 Å². The van der Waals surface area contributed by atoms with Gasteiger partial charge in [0.15, 0.2) is 0 Å². The smallest absolute Gasteiger partial charge is 0.0162 e. The van der Waals surface area contributed by atoms with Gasteiger partial charge in [-0.05, 0) is 111 Å². The lowest BCUT2D eigenvalue weighted by atomic mass is 9.68. The Bertz CT molecular complexity index is 692. The van der Waals surface area contributed by atoms with Gasteiger partial charge >= 0.3 is 0 Å². The molecule has 3 aliphatic carbocycles. The Morgan fingerprint density at radius 1 is 0.486 bits per heavy atom. The van der Waals surface area contributed by atoms with E-state index in [-0.39, 0.29) is 0 Å². The van der Waals surface area contributed by atoms with Gasteiger partial charge in [-0.15, -0.1) is 0 Å². The molecule has 4 rings (SSSR count). The molecule has 0 radical (unpaired) electrons. The van der Waals surface area contributed by atoms with Gasteiger partial charge in [-0.25, -0.2) is 0 Å². The Hall–Kier alpha value is -0.780. The third-order valence-corrected chi connectivity index (χ3v) is 11.3. The third kappa shape index (κ3) is 9.72. The summed E-state index contributed by atoms with van der Waals surface area (Å²) < 4.78 is 0. The first-order chi connectivity index (χ1) is 18.2. The average Bonchev–Trinajstić information content (AvgIpc) is 2.96. The molecular formula is C37H62. The molecule has 0 heterocycles. The zero-order valence-corrected chi connectivity index (χ0v) is 25.0. The highest BCUT2D eigenvalue weighted by atomic mass is 14.4. The normalized spacial score (nSPS) is 30.9. The lowest BCUT2D eigenvalue weighted by Gasteiger charge is -2.38. The van der Waals surface area contributed by atoms with Gasteiger partial charge in [0, 0.05) is 0 Å². The summed E-state index contributed by atoms with van der Waals surface area (Å²) >= 11 is 0. The lowest BCUT2D eigenvalue weighted by Crippen LogP contribution is -2.26. The maximum atomic E-state index is 2.50. The molecule has 3 aliphatic rings. The van der Waals surface area contributed by atoms with Crippen molar-refractivity contribution >= 4 is 0 Å². The van der Waals surface area contributed by atoms with Crippen LogP contribution in [0.5, 0.6) is 0 Å². The fourth-order valence-electron chi connectivity index (χ4n) is 8.54. The van der Waals surface area contributed by atoms with Crippen molar-refractivity contribution in [2.45, 2.75) is 167 Å². The first-order valence-corrected chi connectivity index (χ1v) is 17.3. The summed E-state index contributed by atoms with van der Waals surface area (Å²) in [6.45, 7) is 4.67. The van der Waals surface area contributed by atoms with Gasteiger partial charge < -0.3 is 0 Å². The number of rotatable bonds is 14. The maximum Gasteiger partial charge on any atom is -0.0162 e. The van der Waals surface area contributed by atoms with Crippen LogP contribution >= 0.6 is 0 Å². The predicted octanol–water partition coefficient (Wildman–Crippen LogP) is 12.1. The molecule has 1 aromatic rings. The zero-order valence-electron chi connectivity index (χ0n) is 25.0. The van der Waals surface area contributed by atoms with Crippen molar-refractivity contribution in [2.24, 2.45) is 29.6 Å². The Balaban J connectivity index is 1.09. The van der Waals surface area contributed by atoms with Crippen molar-refractivity contribution in [3.8, 4) is 0 Å². The van der Waals surface area contributed by atoms with Crippen LogP contribution in [-0.2, 0) is 6.42 Å². The number of hydrogen-bond acceptors (Lipinski definition) is 0. The fraction of sp³-hybridized carbons (Fsp3) is 0.838. The maximum absolute atomic E-state index is 2.50. The minimum absolute atomic E-state index is 0.836. The first kappa shape index (κ1) is 29.2. The second kappa shape index (κ2) is 16.4. The van der Waals surface area contributed by atoms with Gasteiger partial charge in [0.25, 0.3) is 0 Å². The molecule has 0 spiro atoms. The van der Waals surface area contributed by atoms with Gasteiger partial charge in [-0.3, -0.25) is 0 Å². The second-order valence-electron chi connectivity index (χ2n) is 13.9. The van der Waals surface area contributed by atoms with Gasteiger partial charge in [0.1, 0.15) is 0 Å². The van der Waals surface area contributed by atoms with Crippen molar-refractivity contribution in [3.05, 3.63) is 35.4 Å². The van der Waals surface area contributed by atoms with Gasteiger partial charge in [-0.2, -0.15) is 0 Å². The number of unbranched alkanes of at least 4 members (excludes halogenated alkanes) is 5. The molecule has 3 saturated carbocycles. The van der Waals surface area contributed by atoms with Crippen LogP contribution in [0, 0.1) is 29.6 Å². The monoisotopic (exact) mass is 506 g/mol. The van der Waals surface area contributed by atoms with Crippen molar-refractivity contribution in [2.75, 3.05) is 0 Å². The molecule has 0 heteroatoms. The molecule has 37 heavy (non-hydrogen) atoms. The summed E-state index contributed by atoms with van der Waals surface area (Å²) in [6.07, 6.45) is 33.9. The van der Waals surface area contributed by atoms with Gasteiger partial charge in [0.2, 0.25) is 0 Å². The summed E-state index contributed by atoms with van der Waals surface area (Å²) in [7, 11) is 0. The molecule has 1 aromatic carbocycles. The van der Waals surface area contributed by atoms with Crippen LogP contribution in [0.1, 0.15) is 172 Å². The fourth-order valence-corrected chi connectivity index (χ4v) is 8.54. The summed E-state index contributed by atoms with van der Waals surface area (Å²) in [6, 6.07) is 9.97. The molecule has 210 valence electrons. The standard InChI is InChI=1S/C37H62/c1-3-5-7-8-9-11-31-16-24-35(25-17-31)37-28-20-33(21-29-37)13-12-32-18-26-36(27-19-32)34-22-14-30(15-23-34)10-6-4-2/h20-21,28-32,34-36H,3-19,22-27H2,1-2H3. The Morgan fingerprint density at radius 3 is 1.54 bits per heavy atom. The van der Waals surface area contributed by atoms with E-state index in [1.54, 1.807) is 36.8 Å². The Labute approximate surface area is 232 Å². The summed E-state index contributed by atoms with van der Waals surface area (Å²) in [4.78, 5) is 0. The topological polar surface area (TPSA) is 0 Å². The number of aryl methyl sites for hydroxylation is 1. The van der Waals surface area contributed by atoms with E-state index in [1.165, 1.54) is 122 Å². The summed E-state index contributed by atoms with van der Waals surface area (Å²) in [5.41, 5.74) is 3.23. The Kier molecular flexibility index (Phi) is 12.9. The highest BCUT2D eigenvalue weighted by molar-refractivity contribution is 5.26. The molecule has 0 unspecified atom stereocenters. The summed E-state index contributed by atoms with van der Waals surface area (Å²) in [5, 5.41) is 0. The van der Waals surface area contributed by atoms with Crippen LogP contribution in [0.4, 0.5) is 0 Å². The van der Waals surface area contributed by atoms with E-state index in [0.29, 0.717) is 0 Å². The lowest BCUT2D eigenvalue weighted by molar-refractivity contribution is 0.140. The predicted molar refractivity (Wildman–Crippen MR) is 163 cm³/mol. The van der Waals surface area contributed by atoms with Crippen LogP contribution in [0.15, 0.2) is 24.3 Å². The molecule has 0 saturated heterocycles. The quantitative estimate of drug-likeness (QED) is 0.220. The molecule has 0 bridgehead atoms. The SMILES string of the molecule is CCCCCCCC1CCC(c2ccc(CCC3CCC(C4CCC(CCCC)CC4)CC3)cc2)CC1. The van der Waals surface area contributed by atoms with E-state index in [2.05, 4.69) is 38.1 Å². The largest absolute Gasteiger partial charge is 0.0654 e. The van der Waals surface area contributed by atoms with Crippen molar-refractivity contribution < 1.29 is 0 Å². The van der Waals surface area contributed by atoms with Crippen molar-refractivity contribution in [1.29, 1.82) is 0 Å². The first-order valence-electron chi connectivity index (χ1n) is 17.3. The van der Waals surface area contributed by atoms with Crippen LogP contribution in [0.3, 0.4) is 0 Å². The second-order valence-corrected chi connectivity index (χ2v) is 13.9. The molecule has 0 amide bonds. The minimum Gasteiger partial charge on any atom is -0.0654 e. The van der Waals surface area contributed by atoms with E-state index >= 15 is 0 Å². The van der Waals surface area contributed by atoms with E-state index in [4.69, 9.17) is 0 Å². The molecule has 0 atom stereocenters. The molecule has 0 nitrogen and oxygen atoms in total. The number of benzene rings is 1. The summed E-state index contributed by atoms with van der Waals surface area (Å²) in [5.74, 6) is 6.06. The molecule has 0 aromatic heterocycles. The van der Waals surface area contributed by atoms with E-state index < -0.39 is 0 Å². The van der Waals surface area contributed by atoms with Crippen LogP contribution < -0.4 is 0 Å². The van der Waals surface area contributed by atoms with Gasteiger partial charge in [0.05, 0.1) is 0 Å². The van der Waals surface area contributed by atoms with Crippen molar-refractivity contribution in [3.63, 3.8) is 0 Å². The highest BCUT2D eigenvalue weighted by Crippen LogP contribution is 2.43. The number of hydrogen-bond donors (Lipinski definition) is 0. The average molecular weight is 507 g/mol. The van der Waals surface area contributed by atoms with E-state index in [0.717, 1.165) is 35.5 Å². The van der Waals surface area contributed by atoms with Crippen LogP contribution in [-0.4, -0.2) is 0 Å².